The van der Waals surface area contributed by atoms with E-state index in [-0.39, 0.29) is 0 Å². The van der Waals surface area contributed by atoms with Crippen molar-refractivity contribution in [2.24, 2.45) is 10.7 Å². The van der Waals surface area contributed by atoms with Gasteiger partial charge in [-0.25, -0.2) is 0 Å². The van der Waals surface area contributed by atoms with Crippen LogP contribution in [0.4, 0.5) is 0 Å². The van der Waals surface area contributed by atoms with Crippen LogP contribution in [0.2, 0.25) is 5.32 Å². The molecule has 0 aromatic carbocycles. The van der Waals surface area contributed by atoms with Crippen LogP contribution in [-0.2, 0) is 4.74 Å². The maximum atomic E-state index is 5.62. The molecule has 66 valence electrons. The SMILES string of the molecule is NC1=NC(=[N+]2CCOCC2)[Se]C1. The van der Waals surface area contributed by atoms with Crippen LogP contribution in [0, 0.1) is 0 Å². The Hall–Kier alpha value is -0.381. The van der Waals surface area contributed by atoms with Crippen molar-refractivity contribution in [3.63, 3.8) is 0 Å². The zero-order valence-corrected chi connectivity index (χ0v) is 8.54. The Bertz CT molecular complexity index is 241. The predicted octanol–water partition coefficient (Wildman–Crippen LogP) is -1.12. The van der Waals surface area contributed by atoms with E-state index in [4.69, 9.17) is 10.5 Å². The first kappa shape index (κ1) is 8.23. The van der Waals surface area contributed by atoms with Gasteiger partial charge in [-0.05, 0) is 0 Å². The predicted molar refractivity (Wildman–Crippen MR) is 48.0 cm³/mol. The number of aliphatic imine (C=N–C) groups is 1. The number of nitrogens with zero attached hydrogens (tertiary/aromatic N) is 2. The average molecular weight is 233 g/mol. The van der Waals surface area contributed by atoms with Gasteiger partial charge in [0.25, 0.3) is 0 Å². The van der Waals surface area contributed by atoms with Crippen LogP contribution in [0.1, 0.15) is 0 Å². The van der Waals surface area contributed by atoms with Crippen LogP contribution >= 0.6 is 0 Å². The first-order valence-corrected chi connectivity index (χ1v) is 6.08. The third-order valence-electron chi connectivity index (χ3n) is 1.87. The van der Waals surface area contributed by atoms with Gasteiger partial charge in [-0.15, -0.1) is 0 Å². The van der Waals surface area contributed by atoms with E-state index in [2.05, 4.69) is 9.57 Å². The van der Waals surface area contributed by atoms with Crippen LogP contribution in [0.25, 0.3) is 0 Å². The van der Waals surface area contributed by atoms with Crippen molar-refractivity contribution in [3.8, 4) is 0 Å². The number of rotatable bonds is 0. The van der Waals surface area contributed by atoms with Gasteiger partial charge in [-0.3, -0.25) is 0 Å². The molecule has 1 saturated heterocycles. The number of morpholine rings is 1. The molecule has 2 aliphatic heterocycles. The van der Waals surface area contributed by atoms with Crippen LogP contribution < -0.4 is 5.73 Å². The Kier molecular flexibility index (Phi) is 2.44. The van der Waals surface area contributed by atoms with Crippen LogP contribution in [0.5, 0.6) is 0 Å². The molecule has 0 bridgehead atoms. The molecule has 2 rings (SSSR count). The Balaban J connectivity index is 2.13. The van der Waals surface area contributed by atoms with Crippen molar-refractivity contribution in [2.75, 3.05) is 26.3 Å². The van der Waals surface area contributed by atoms with E-state index >= 15 is 0 Å². The van der Waals surface area contributed by atoms with E-state index < -0.39 is 0 Å². The van der Waals surface area contributed by atoms with E-state index in [0.29, 0.717) is 15.0 Å². The summed E-state index contributed by atoms with van der Waals surface area (Å²) in [6.07, 6.45) is 0. The minimum absolute atomic E-state index is 0.474. The fourth-order valence-corrected chi connectivity index (χ4v) is 3.11. The number of hydrogen-bond acceptors (Lipinski definition) is 2. The molecule has 0 amide bonds. The van der Waals surface area contributed by atoms with Crippen LogP contribution in [-0.4, -0.2) is 56.4 Å². The summed E-state index contributed by atoms with van der Waals surface area (Å²) in [5.74, 6) is 0.802. The molecular weight excluding hydrogens is 221 g/mol. The van der Waals surface area contributed by atoms with Crippen molar-refractivity contribution < 1.29 is 9.31 Å². The quantitative estimate of drug-likeness (QED) is 0.425. The van der Waals surface area contributed by atoms with Gasteiger partial charge in [0.05, 0.1) is 0 Å². The molecule has 5 heteroatoms. The summed E-state index contributed by atoms with van der Waals surface area (Å²) in [5.41, 5.74) is 5.62. The van der Waals surface area contributed by atoms with Gasteiger partial charge in [0.15, 0.2) is 0 Å². The molecule has 0 aromatic rings. The second kappa shape index (κ2) is 3.56. The zero-order chi connectivity index (χ0) is 8.39. The molecule has 0 aliphatic carbocycles. The molecule has 2 heterocycles. The third kappa shape index (κ3) is 1.68. The Morgan fingerprint density at radius 3 is 2.75 bits per heavy atom. The van der Waals surface area contributed by atoms with Gasteiger partial charge in [-0.2, -0.15) is 0 Å². The van der Waals surface area contributed by atoms with E-state index in [0.717, 1.165) is 37.5 Å². The maximum absolute atomic E-state index is 5.62. The topological polar surface area (TPSA) is 50.6 Å². The third-order valence-corrected chi connectivity index (χ3v) is 4.07. The van der Waals surface area contributed by atoms with Gasteiger partial charge in [0.2, 0.25) is 0 Å². The van der Waals surface area contributed by atoms with Gasteiger partial charge in [-0.1, -0.05) is 0 Å². The summed E-state index contributed by atoms with van der Waals surface area (Å²) in [7, 11) is 0. The van der Waals surface area contributed by atoms with Crippen LogP contribution in [0.3, 0.4) is 0 Å². The number of amidine groups is 2. The van der Waals surface area contributed by atoms with Gasteiger partial charge < -0.3 is 0 Å². The normalized spacial score (nSPS) is 24.5. The molecule has 12 heavy (non-hydrogen) atoms. The summed E-state index contributed by atoms with van der Waals surface area (Å²) >= 11 is 0.474. The van der Waals surface area contributed by atoms with E-state index in [9.17, 15) is 0 Å². The van der Waals surface area contributed by atoms with Crippen molar-refractivity contribution >= 4 is 25.5 Å². The van der Waals surface area contributed by atoms with Crippen molar-refractivity contribution in [1.82, 2.24) is 0 Å². The van der Waals surface area contributed by atoms with E-state index in [1.165, 1.54) is 4.73 Å². The monoisotopic (exact) mass is 234 g/mol. The molecule has 4 nitrogen and oxygen atoms in total. The molecule has 0 unspecified atom stereocenters. The number of ether oxygens (including phenoxy) is 1. The molecule has 0 saturated carbocycles. The first-order chi connectivity index (χ1) is 5.86. The molecule has 0 atom stereocenters. The fourth-order valence-electron chi connectivity index (χ4n) is 1.24. The van der Waals surface area contributed by atoms with E-state index in [1.54, 1.807) is 0 Å². The number of hydrogen-bond donors (Lipinski definition) is 1. The van der Waals surface area contributed by atoms with Gasteiger partial charge >= 0.3 is 77.2 Å². The minimum atomic E-state index is 0.474. The first-order valence-electron chi connectivity index (χ1n) is 4.02. The Morgan fingerprint density at radius 2 is 2.17 bits per heavy atom. The van der Waals surface area contributed by atoms with Crippen LogP contribution in [0.15, 0.2) is 4.99 Å². The summed E-state index contributed by atoms with van der Waals surface area (Å²) in [5, 5.41) is 0.986. The standard InChI is InChI=1S/C7H11N3OSe/c8-6-5-12-7(9-6)10-1-3-11-4-2-10/h8H,1-5H2/p+1. The second-order valence-electron chi connectivity index (χ2n) is 2.77. The number of nitrogens with two attached hydrogens (primary N) is 1. The Labute approximate surface area is 77.7 Å². The summed E-state index contributed by atoms with van der Waals surface area (Å²) in [4.78, 5) is 4.32. The van der Waals surface area contributed by atoms with Crippen molar-refractivity contribution in [1.29, 1.82) is 0 Å². The van der Waals surface area contributed by atoms with Crippen molar-refractivity contribution in [2.45, 2.75) is 5.32 Å². The zero-order valence-electron chi connectivity index (χ0n) is 6.82. The second-order valence-corrected chi connectivity index (χ2v) is 4.75. The molecular formula is C7H12N3OSe+. The summed E-state index contributed by atoms with van der Waals surface area (Å²) in [6.45, 7) is 3.62. The molecule has 2 N–H and O–H groups in total. The molecule has 0 radical (unpaired) electrons. The van der Waals surface area contributed by atoms with Gasteiger partial charge in [0, 0.05) is 0 Å². The summed E-state index contributed by atoms with van der Waals surface area (Å²) in [6, 6.07) is 0. The molecule has 1 fully saturated rings. The van der Waals surface area contributed by atoms with Crippen molar-refractivity contribution in [3.05, 3.63) is 0 Å². The molecule has 2 aliphatic rings. The Morgan fingerprint density at radius 1 is 1.42 bits per heavy atom. The summed E-state index contributed by atoms with van der Waals surface area (Å²) < 4.78 is 8.76. The van der Waals surface area contributed by atoms with Gasteiger partial charge in [0.1, 0.15) is 0 Å². The fraction of sp³-hybridized carbons (Fsp3) is 0.714. The molecule has 0 aromatic heterocycles. The van der Waals surface area contributed by atoms with E-state index in [1.807, 2.05) is 0 Å². The molecule has 0 spiro atoms. The average Bonchev–Trinajstić information content (AvgIpc) is 2.54.